The number of alkyl halides is 2. The third-order valence-electron chi connectivity index (χ3n) is 2.90. The van der Waals surface area contributed by atoms with Crippen LogP contribution in [-0.2, 0) is 0 Å². The molecule has 2 nitrogen and oxygen atoms in total. The largest absolute Gasteiger partial charge is 0.329 e. The summed E-state index contributed by atoms with van der Waals surface area (Å²) in [5, 5.41) is 3.33. The SMILES string of the molecule is CCC(C)NC(CN)c1cccc(C(F)F)c1. The lowest BCUT2D eigenvalue weighted by Gasteiger charge is -2.22. The van der Waals surface area contributed by atoms with Gasteiger partial charge in [0.25, 0.3) is 6.43 Å². The van der Waals surface area contributed by atoms with Crippen LogP contribution in [0.1, 0.15) is 43.9 Å². The molecule has 4 heteroatoms. The van der Waals surface area contributed by atoms with Crippen LogP contribution < -0.4 is 11.1 Å². The van der Waals surface area contributed by atoms with Gasteiger partial charge in [-0.15, -0.1) is 0 Å². The van der Waals surface area contributed by atoms with Crippen LogP contribution in [0.3, 0.4) is 0 Å². The van der Waals surface area contributed by atoms with Gasteiger partial charge in [0.15, 0.2) is 0 Å². The second-order valence-corrected chi connectivity index (χ2v) is 4.24. The van der Waals surface area contributed by atoms with Crippen LogP contribution in [0.2, 0.25) is 0 Å². The first-order valence-electron chi connectivity index (χ1n) is 5.92. The minimum atomic E-state index is -2.43. The normalized spacial score (nSPS) is 14.9. The molecule has 1 aromatic carbocycles. The second-order valence-electron chi connectivity index (χ2n) is 4.24. The van der Waals surface area contributed by atoms with Crippen LogP contribution >= 0.6 is 0 Å². The number of halogens is 2. The van der Waals surface area contributed by atoms with Crippen LogP contribution in [0.4, 0.5) is 8.78 Å². The monoisotopic (exact) mass is 242 g/mol. The predicted octanol–water partition coefficient (Wildman–Crippen LogP) is 3.01. The highest BCUT2D eigenvalue weighted by Gasteiger charge is 2.14. The molecule has 0 aliphatic heterocycles. The molecule has 0 aromatic heterocycles. The Balaban J connectivity index is 2.84. The topological polar surface area (TPSA) is 38.0 Å². The molecular weight excluding hydrogens is 222 g/mol. The molecule has 2 atom stereocenters. The summed E-state index contributed by atoms with van der Waals surface area (Å²) >= 11 is 0. The molecule has 2 unspecified atom stereocenters. The average molecular weight is 242 g/mol. The van der Waals surface area contributed by atoms with E-state index in [4.69, 9.17) is 5.73 Å². The summed E-state index contributed by atoms with van der Waals surface area (Å²) in [6.07, 6.45) is -1.46. The number of hydrogen-bond acceptors (Lipinski definition) is 2. The van der Waals surface area contributed by atoms with Crippen molar-refractivity contribution < 1.29 is 8.78 Å². The minimum Gasteiger partial charge on any atom is -0.329 e. The van der Waals surface area contributed by atoms with Gasteiger partial charge in [0, 0.05) is 24.2 Å². The first kappa shape index (κ1) is 14.1. The van der Waals surface area contributed by atoms with E-state index in [0.29, 0.717) is 12.6 Å². The van der Waals surface area contributed by atoms with Gasteiger partial charge < -0.3 is 11.1 Å². The van der Waals surface area contributed by atoms with E-state index in [1.807, 2.05) is 6.07 Å². The number of benzene rings is 1. The standard InChI is InChI=1S/C13H20F2N2/c1-3-9(2)17-12(8-16)10-5-4-6-11(7-10)13(14)15/h4-7,9,12-13,17H,3,8,16H2,1-2H3. The number of hydrogen-bond donors (Lipinski definition) is 2. The molecule has 3 N–H and O–H groups in total. The summed E-state index contributed by atoms with van der Waals surface area (Å²) in [6, 6.07) is 6.70. The highest BCUT2D eigenvalue weighted by molar-refractivity contribution is 5.27. The maximum atomic E-state index is 12.6. The van der Waals surface area contributed by atoms with Crippen molar-refractivity contribution in [2.75, 3.05) is 6.54 Å². The molecule has 0 aliphatic carbocycles. The Hall–Kier alpha value is -1.00. The summed E-state index contributed by atoms with van der Waals surface area (Å²) in [5.74, 6) is 0. The number of nitrogens with one attached hydrogen (secondary N) is 1. The maximum absolute atomic E-state index is 12.6. The molecule has 0 amide bonds. The van der Waals surface area contributed by atoms with E-state index in [0.717, 1.165) is 12.0 Å². The minimum absolute atomic E-state index is 0.0481. The van der Waals surface area contributed by atoms with Gasteiger partial charge in [-0.2, -0.15) is 0 Å². The highest BCUT2D eigenvalue weighted by Crippen LogP contribution is 2.22. The van der Waals surface area contributed by atoms with Crippen molar-refractivity contribution in [3.05, 3.63) is 35.4 Å². The van der Waals surface area contributed by atoms with Crippen molar-refractivity contribution in [3.8, 4) is 0 Å². The summed E-state index contributed by atoms with van der Waals surface area (Å²) in [7, 11) is 0. The second kappa shape index (κ2) is 6.67. The van der Waals surface area contributed by atoms with E-state index < -0.39 is 6.43 Å². The molecule has 0 bridgehead atoms. The predicted molar refractivity (Wildman–Crippen MR) is 66.1 cm³/mol. The Bertz CT molecular complexity index is 342. The molecule has 0 radical (unpaired) electrons. The Labute approximate surface area is 101 Å². The van der Waals surface area contributed by atoms with Gasteiger partial charge in [-0.1, -0.05) is 25.1 Å². The van der Waals surface area contributed by atoms with Crippen LogP contribution in [-0.4, -0.2) is 12.6 Å². The fraction of sp³-hybridized carbons (Fsp3) is 0.538. The lowest BCUT2D eigenvalue weighted by Crippen LogP contribution is -2.34. The fourth-order valence-electron chi connectivity index (χ4n) is 1.67. The summed E-state index contributed by atoms with van der Waals surface area (Å²) < 4.78 is 25.2. The summed E-state index contributed by atoms with van der Waals surface area (Å²) in [4.78, 5) is 0. The third kappa shape index (κ3) is 4.06. The fourth-order valence-corrected chi connectivity index (χ4v) is 1.67. The van der Waals surface area contributed by atoms with Gasteiger partial charge in [0.1, 0.15) is 0 Å². The Morgan fingerprint density at radius 2 is 1.94 bits per heavy atom. The molecule has 1 aromatic rings. The van der Waals surface area contributed by atoms with E-state index in [1.54, 1.807) is 6.07 Å². The van der Waals surface area contributed by atoms with E-state index in [9.17, 15) is 8.78 Å². The van der Waals surface area contributed by atoms with Crippen LogP contribution in [0.5, 0.6) is 0 Å². The van der Waals surface area contributed by atoms with Crippen molar-refractivity contribution in [1.29, 1.82) is 0 Å². The zero-order chi connectivity index (χ0) is 12.8. The van der Waals surface area contributed by atoms with E-state index in [-0.39, 0.29) is 11.6 Å². The molecule has 96 valence electrons. The number of nitrogens with two attached hydrogens (primary N) is 1. The zero-order valence-electron chi connectivity index (χ0n) is 10.3. The van der Waals surface area contributed by atoms with Gasteiger partial charge in [0.2, 0.25) is 0 Å². The molecule has 0 spiro atoms. The molecule has 0 heterocycles. The van der Waals surface area contributed by atoms with Crippen molar-refractivity contribution in [2.24, 2.45) is 5.73 Å². The molecular formula is C13H20F2N2. The quantitative estimate of drug-likeness (QED) is 0.804. The Kier molecular flexibility index (Phi) is 5.51. The zero-order valence-corrected chi connectivity index (χ0v) is 10.3. The lowest BCUT2D eigenvalue weighted by atomic mass is 10.0. The first-order valence-corrected chi connectivity index (χ1v) is 5.92. The smallest absolute Gasteiger partial charge is 0.263 e. The molecule has 0 fully saturated rings. The first-order chi connectivity index (χ1) is 8.08. The van der Waals surface area contributed by atoms with Crippen molar-refractivity contribution >= 4 is 0 Å². The van der Waals surface area contributed by atoms with Gasteiger partial charge in [0.05, 0.1) is 0 Å². The van der Waals surface area contributed by atoms with Gasteiger partial charge in [-0.3, -0.25) is 0 Å². The highest BCUT2D eigenvalue weighted by atomic mass is 19.3. The van der Waals surface area contributed by atoms with Crippen molar-refractivity contribution in [1.82, 2.24) is 5.32 Å². The molecule has 0 aliphatic rings. The van der Waals surface area contributed by atoms with Crippen molar-refractivity contribution in [3.63, 3.8) is 0 Å². The van der Waals surface area contributed by atoms with E-state index in [1.165, 1.54) is 12.1 Å². The van der Waals surface area contributed by atoms with Crippen molar-refractivity contribution in [2.45, 2.75) is 38.8 Å². The van der Waals surface area contributed by atoms with Crippen LogP contribution in [0, 0.1) is 0 Å². The molecule has 0 saturated heterocycles. The number of rotatable bonds is 6. The summed E-state index contributed by atoms with van der Waals surface area (Å²) in [5.41, 5.74) is 6.56. The van der Waals surface area contributed by atoms with E-state index >= 15 is 0 Å². The molecule has 0 saturated carbocycles. The lowest BCUT2D eigenvalue weighted by molar-refractivity contribution is 0.151. The maximum Gasteiger partial charge on any atom is 0.263 e. The van der Waals surface area contributed by atoms with Crippen LogP contribution in [0.25, 0.3) is 0 Å². The Morgan fingerprint density at radius 3 is 2.47 bits per heavy atom. The Morgan fingerprint density at radius 1 is 1.29 bits per heavy atom. The molecule has 17 heavy (non-hydrogen) atoms. The van der Waals surface area contributed by atoms with Crippen LogP contribution in [0.15, 0.2) is 24.3 Å². The van der Waals surface area contributed by atoms with Gasteiger partial charge in [-0.05, 0) is 25.0 Å². The van der Waals surface area contributed by atoms with Gasteiger partial charge in [-0.25, -0.2) is 8.78 Å². The summed E-state index contributed by atoms with van der Waals surface area (Å²) in [6.45, 7) is 4.53. The molecule has 1 rings (SSSR count). The third-order valence-corrected chi connectivity index (χ3v) is 2.90. The average Bonchev–Trinajstić information content (AvgIpc) is 2.35. The van der Waals surface area contributed by atoms with E-state index in [2.05, 4.69) is 19.2 Å². The van der Waals surface area contributed by atoms with Gasteiger partial charge >= 0.3 is 0 Å².